The summed E-state index contributed by atoms with van der Waals surface area (Å²) in [4.78, 5) is 2.60. The van der Waals surface area contributed by atoms with Gasteiger partial charge in [0.1, 0.15) is 0 Å². The van der Waals surface area contributed by atoms with Gasteiger partial charge in [-0.05, 0) is 57.8 Å². The molecule has 0 spiro atoms. The average Bonchev–Trinajstić information content (AvgIpc) is 2.31. The maximum Gasteiger partial charge on any atom is 0.00982 e. The van der Waals surface area contributed by atoms with E-state index in [1.807, 2.05) is 0 Å². The van der Waals surface area contributed by atoms with Gasteiger partial charge in [-0.1, -0.05) is 6.92 Å². The normalized spacial score (nSPS) is 17.6. The van der Waals surface area contributed by atoms with E-state index in [-0.39, 0.29) is 0 Å². The van der Waals surface area contributed by atoms with Crippen LogP contribution >= 0.6 is 0 Å². The first-order valence-corrected chi connectivity index (χ1v) is 6.73. The lowest BCUT2D eigenvalue weighted by atomic mass is 9.97. The molecule has 16 heavy (non-hydrogen) atoms. The fourth-order valence-electron chi connectivity index (χ4n) is 2.44. The van der Waals surface area contributed by atoms with Crippen molar-refractivity contribution in [1.29, 1.82) is 0 Å². The highest BCUT2D eigenvalue weighted by molar-refractivity contribution is 4.83. The van der Waals surface area contributed by atoms with E-state index in [0.29, 0.717) is 0 Å². The lowest BCUT2D eigenvalue weighted by Crippen LogP contribution is -2.37. The molecule has 1 heterocycles. The molecular formula is C14H26N2. The monoisotopic (exact) mass is 222 g/mol. The quantitative estimate of drug-likeness (QED) is 0.524. The van der Waals surface area contributed by atoms with Crippen LogP contribution in [-0.4, -0.2) is 37.6 Å². The second-order valence-electron chi connectivity index (χ2n) is 4.80. The van der Waals surface area contributed by atoms with Crippen molar-refractivity contribution in [3.63, 3.8) is 0 Å². The number of hydrogen-bond donors (Lipinski definition) is 1. The van der Waals surface area contributed by atoms with Gasteiger partial charge in [0.05, 0.1) is 0 Å². The van der Waals surface area contributed by atoms with E-state index in [4.69, 9.17) is 6.42 Å². The van der Waals surface area contributed by atoms with Crippen molar-refractivity contribution in [3.8, 4) is 12.3 Å². The van der Waals surface area contributed by atoms with Gasteiger partial charge in [0.25, 0.3) is 0 Å². The summed E-state index contributed by atoms with van der Waals surface area (Å²) in [5, 5.41) is 3.43. The zero-order valence-corrected chi connectivity index (χ0v) is 10.7. The number of nitrogens with zero attached hydrogens (tertiary/aromatic N) is 1. The summed E-state index contributed by atoms with van der Waals surface area (Å²) in [6.45, 7) is 8.36. The smallest absolute Gasteiger partial charge is 0.00982 e. The number of terminal acetylenes is 1. The molecule has 1 N–H and O–H groups in total. The Hall–Kier alpha value is -0.520. The van der Waals surface area contributed by atoms with Crippen molar-refractivity contribution in [2.24, 2.45) is 5.92 Å². The fraction of sp³-hybridized carbons (Fsp3) is 0.857. The van der Waals surface area contributed by atoms with E-state index >= 15 is 0 Å². The maximum atomic E-state index is 5.30. The molecule has 0 aromatic rings. The summed E-state index contributed by atoms with van der Waals surface area (Å²) >= 11 is 0. The molecule has 0 unspecified atom stereocenters. The third kappa shape index (κ3) is 5.53. The van der Waals surface area contributed by atoms with E-state index in [0.717, 1.165) is 18.8 Å². The number of piperidine rings is 1. The Bertz CT molecular complexity index is 201. The summed E-state index contributed by atoms with van der Waals surface area (Å²) in [5.41, 5.74) is 0. The molecule has 0 amide bonds. The van der Waals surface area contributed by atoms with E-state index < -0.39 is 0 Å². The van der Waals surface area contributed by atoms with E-state index in [1.54, 1.807) is 0 Å². The second kappa shape index (κ2) is 8.61. The topological polar surface area (TPSA) is 15.3 Å². The van der Waals surface area contributed by atoms with E-state index in [2.05, 4.69) is 23.1 Å². The van der Waals surface area contributed by atoms with Gasteiger partial charge in [-0.2, -0.15) is 0 Å². The minimum absolute atomic E-state index is 0.902. The highest BCUT2D eigenvalue weighted by Gasteiger charge is 2.16. The van der Waals surface area contributed by atoms with Crippen LogP contribution in [0.3, 0.4) is 0 Å². The zero-order chi connectivity index (χ0) is 11.6. The number of rotatable bonds is 7. The summed E-state index contributed by atoms with van der Waals surface area (Å²) in [6, 6.07) is 0. The van der Waals surface area contributed by atoms with E-state index in [1.165, 1.54) is 52.0 Å². The standard InChI is InChI=1S/C14H26N2/c1-3-5-6-12-16(11-4-2)13-14-7-9-15-10-8-14/h1,14-15H,4-13H2,2H3. The third-order valence-corrected chi connectivity index (χ3v) is 3.31. The Kier molecular flexibility index (Phi) is 7.29. The molecular weight excluding hydrogens is 196 g/mol. The summed E-state index contributed by atoms with van der Waals surface area (Å²) in [6.07, 6.45) is 11.3. The third-order valence-electron chi connectivity index (χ3n) is 3.31. The van der Waals surface area contributed by atoms with E-state index in [9.17, 15) is 0 Å². The lowest BCUT2D eigenvalue weighted by molar-refractivity contribution is 0.204. The van der Waals surface area contributed by atoms with Gasteiger partial charge in [-0.25, -0.2) is 0 Å². The lowest BCUT2D eigenvalue weighted by Gasteiger charge is -2.29. The van der Waals surface area contributed by atoms with Crippen LogP contribution in [0.1, 0.15) is 39.0 Å². The van der Waals surface area contributed by atoms with Crippen molar-refractivity contribution >= 4 is 0 Å². The predicted octanol–water partition coefficient (Wildman–Crippen LogP) is 2.11. The Labute approximate surface area is 101 Å². The van der Waals surface area contributed by atoms with Crippen molar-refractivity contribution in [3.05, 3.63) is 0 Å². The molecule has 0 bridgehead atoms. The predicted molar refractivity (Wildman–Crippen MR) is 70.4 cm³/mol. The molecule has 0 aromatic carbocycles. The highest BCUT2D eigenvalue weighted by Crippen LogP contribution is 2.14. The van der Waals surface area contributed by atoms with Gasteiger partial charge in [0.15, 0.2) is 0 Å². The van der Waals surface area contributed by atoms with Gasteiger partial charge in [0, 0.05) is 13.0 Å². The number of nitrogens with one attached hydrogen (secondary N) is 1. The Morgan fingerprint density at radius 1 is 1.31 bits per heavy atom. The van der Waals surface area contributed by atoms with Gasteiger partial charge >= 0.3 is 0 Å². The first kappa shape index (κ1) is 13.5. The molecule has 1 aliphatic heterocycles. The number of hydrogen-bond acceptors (Lipinski definition) is 2. The molecule has 0 radical (unpaired) electrons. The van der Waals surface area contributed by atoms with Crippen LogP contribution in [0.2, 0.25) is 0 Å². The molecule has 1 rings (SSSR count). The van der Waals surface area contributed by atoms with Crippen LogP contribution in [-0.2, 0) is 0 Å². The molecule has 1 saturated heterocycles. The van der Waals surface area contributed by atoms with Crippen LogP contribution in [0.5, 0.6) is 0 Å². The maximum absolute atomic E-state index is 5.30. The largest absolute Gasteiger partial charge is 0.317 e. The summed E-state index contributed by atoms with van der Waals surface area (Å²) in [7, 11) is 0. The molecule has 1 fully saturated rings. The van der Waals surface area contributed by atoms with Crippen molar-refractivity contribution in [2.45, 2.75) is 39.0 Å². The van der Waals surface area contributed by atoms with Crippen molar-refractivity contribution in [2.75, 3.05) is 32.7 Å². The molecule has 2 nitrogen and oxygen atoms in total. The Morgan fingerprint density at radius 3 is 2.69 bits per heavy atom. The number of unbranched alkanes of at least 4 members (excludes halogenated alkanes) is 1. The minimum Gasteiger partial charge on any atom is -0.317 e. The fourth-order valence-corrected chi connectivity index (χ4v) is 2.44. The van der Waals surface area contributed by atoms with Crippen molar-refractivity contribution in [1.82, 2.24) is 10.2 Å². The Balaban J connectivity index is 2.22. The van der Waals surface area contributed by atoms with Gasteiger partial charge in [-0.3, -0.25) is 0 Å². The van der Waals surface area contributed by atoms with Crippen LogP contribution in [0, 0.1) is 18.3 Å². The Morgan fingerprint density at radius 2 is 2.06 bits per heavy atom. The van der Waals surface area contributed by atoms with Gasteiger partial charge < -0.3 is 10.2 Å². The van der Waals surface area contributed by atoms with Gasteiger partial charge in [0.2, 0.25) is 0 Å². The first-order valence-electron chi connectivity index (χ1n) is 6.73. The SMILES string of the molecule is C#CCCCN(CCC)CC1CCNCC1. The molecule has 0 atom stereocenters. The minimum atomic E-state index is 0.902. The second-order valence-corrected chi connectivity index (χ2v) is 4.80. The van der Waals surface area contributed by atoms with Crippen LogP contribution in [0.4, 0.5) is 0 Å². The molecule has 0 saturated carbocycles. The summed E-state index contributed by atoms with van der Waals surface area (Å²) in [5.74, 6) is 3.63. The molecule has 0 aromatic heterocycles. The van der Waals surface area contributed by atoms with Crippen LogP contribution < -0.4 is 5.32 Å². The highest BCUT2D eigenvalue weighted by atomic mass is 15.1. The molecule has 0 aliphatic carbocycles. The van der Waals surface area contributed by atoms with Crippen LogP contribution in [0.15, 0.2) is 0 Å². The van der Waals surface area contributed by atoms with Gasteiger partial charge in [-0.15, -0.1) is 12.3 Å². The van der Waals surface area contributed by atoms with Crippen molar-refractivity contribution < 1.29 is 0 Å². The molecule has 2 heteroatoms. The van der Waals surface area contributed by atoms with Crippen LogP contribution in [0.25, 0.3) is 0 Å². The molecule has 1 aliphatic rings. The first-order chi connectivity index (χ1) is 7.86. The zero-order valence-electron chi connectivity index (χ0n) is 10.7. The molecule has 92 valence electrons. The average molecular weight is 222 g/mol. The summed E-state index contributed by atoms with van der Waals surface area (Å²) < 4.78 is 0.